The topological polar surface area (TPSA) is 29.1 Å². The van der Waals surface area contributed by atoms with Gasteiger partial charge in [0, 0.05) is 17.5 Å². The molecule has 94 valence electrons. The molecule has 0 aliphatic rings. The number of hydrogen-bond donors (Lipinski definition) is 1. The zero-order valence-corrected chi connectivity index (χ0v) is 11.5. The SMILES string of the molecule is CCC(Cl)CCNC(=O)c1cc(C)ccc1C. The van der Waals surface area contributed by atoms with Gasteiger partial charge < -0.3 is 5.32 Å². The van der Waals surface area contributed by atoms with E-state index in [1.165, 1.54) is 0 Å². The summed E-state index contributed by atoms with van der Waals surface area (Å²) in [5, 5.41) is 3.06. The van der Waals surface area contributed by atoms with Crippen LogP contribution < -0.4 is 5.32 Å². The standard InChI is InChI=1S/C14H20ClNO/c1-4-12(15)7-8-16-14(17)13-9-10(2)5-6-11(13)3/h5-6,9,12H,4,7-8H2,1-3H3,(H,16,17). The first-order valence-corrected chi connectivity index (χ1v) is 6.47. The van der Waals surface area contributed by atoms with Gasteiger partial charge in [0.25, 0.3) is 5.91 Å². The fourth-order valence-electron chi connectivity index (χ4n) is 1.62. The van der Waals surface area contributed by atoms with Gasteiger partial charge in [-0.25, -0.2) is 0 Å². The van der Waals surface area contributed by atoms with E-state index in [1.54, 1.807) is 0 Å². The molecule has 1 aromatic carbocycles. The van der Waals surface area contributed by atoms with Crippen LogP contribution in [0.25, 0.3) is 0 Å². The minimum Gasteiger partial charge on any atom is -0.352 e. The van der Waals surface area contributed by atoms with E-state index in [9.17, 15) is 4.79 Å². The molecule has 0 saturated heterocycles. The summed E-state index contributed by atoms with van der Waals surface area (Å²) in [6.07, 6.45) is 1.75. The van der Waals surface area contributed by atoms with Crippen molar-refractivity contribution in [1.29, 1.82) is 0 Å². The van der Waals surface area contributed by atoms with Crippen LogP contribution in [0.1, 0.15) is 41.3 Å². The molecule has 0 heterocycles. The van der Waals surface area contributed by atoms with Crippen LogP contribution in [0.4, 0.5) is 0 Å². The van der Waals surface area contributed by atoms with Crippen LogP contribution in [-0.2, 0) is 0 Å². The van der Waals surface area contributed by atoms with E-state index in [1.807, 2.05) is 39.0 Å². The Morgan fingerprint density at radius 1 is 1.41 bits per heavy atom. The van der Waals surface area contributed by atoms with Gasteiger partial charge in [-0.1, -0.05) is 24.6 Å². The van der Waals surface area contributed by atoms with Gasteiger partial charge in [-0.3, -0.25) is 4.79 Å². The molecule has 3 heteroatoms. The first-order chi connectivity index (χ1) is 8.04. The highest BCUT2D eigenvalue weighted by atomic mass is 35.5. The molecule has 17 heavy (non-hydrogen) atoms. The highest BCUT2D eigenvalue weighted by Gasteiger charge is 2.09. The number of alkyl halides is 1. The predicted molar refractivity (Wildman–Crippen MR) is 72.8 cm³/mol. The first kappa shape index (κ1) is 14.0. The molecule has 0 radical (unpaired) electrons. The smallest absolute Gasteiger partial charge is 0.251 e. The van der Waals surface area contributed by atoms with Gasteiger partial charge in [-0.05, 0) is 38.3 Å². The summed E-state index contributed by atoms with van der Waals surface area (Å²) in [4.78, 5) is 11.9. The summed E-state index contributed by atoms with van der Waals surface area (Å²) >= 11 is 6.00. The Balaban J connectivity index is 2.55. The molecular formula is C14H20ClNO. The molecule has 1 atom stereocenters. The van der Waals surface area contributed by atoms with Gasteiger partial charge >= 0.3 is 0 Å². The molecular weight excluding hydrogens is 234 g/mol. The Bertz CT molecular complexity index is 390. The van der Waals surface area contributed by atoms with Crippen molar-refractivity contribution < 1.29 is 4.79 Å². The number of nitrogens with one attached hydrogen (secondary N) is 1. The molecule has 1 unspecified atom stereocenters. The fraction of sp³-hybridized carbons (Fsp3) is 0.500. The van der Waals surface area contributed by atoms with Crippen molar-refractivity contribution in [1.82, 2.24) is 5.32 Å². The van der Waals surface area contributed by atoms with E-state index in [0.717, 1.165) is 29.5 Å². The number of benzene rings is 1. The van der Waals surface area contributed by atoms with Crippen LogP contribution >= 0.6 is 11.6 Å². The number of aryl methyl sites for hydroxylation is 2. The van der Waals surface area contributed by atoms with Crippen molar-refractivity contribution in [3.63, 3.8) is 0 Å². The van der Waals surface area contributed by atoms with Crippen molar-refractivity contribution in [3.8, 4) is 0 Å². The van der Waals surface area contributed by atoms with Crippen LogP contribution in [0.5, 0.6) is 0 Å². The molecule has 1 N–H and O–H groups in total. The maximum atomic E-state index is 11.9. The Kier molecular flexibility index (Phi) is 5.49. The lowest BCUT2D eigenvalue weighted by atomic mass is 10.1. The van der Waals surface area contributed by atoms with Crippen LogP contribution in [0.15, 0.2) is 18.2 Å². The zero-order chi connectivity index (χ0) is 12.8. The maximum Gasteiger partial charge on any atom is 0.251 e. The third-order valence-corrected chi connectivity index (χ3v) is 3.35. The second-order valence-electron chi connectivity index (χ2n) is 4.37. The van der Waals surface area contributed by atoms with E-state index < -0.39 is 0 Å². The van der Waals surface area contributed by atoms with Gasteiger partial charge in [-0.15, -0.1) is 11.6 Å². The van der Waals surface area contributed by atoms with Gasteiger partial charge in [-0.2, -0.15) is 0 Å². The summed E-state index contributed by atoms with van der Waals surface area (Å²) in [5.41, 5.74) is 2.86. The lowest BCUT2D eigenvalue weighted by Crippen LogP contribution is -2.26. The van der Waals surface area contributed by atoms with Crippen molar-refractivity contribution in [2.75, 3.05) is 6.54 Å². The third-order valence-electron chi connectivity index (χ3n) is 2.82. The molecule has 1 amide bonds. The highest BCUT2D eigenvalue weighted by Crippen LogP contribution is 2.11. The summed E-state index contributed by atoms with van der Waals surface area (Å²) in [7, 11) is 0. The second-order valence-corrected chi connectivity index (χ2v) is 4.99. The Morgan fingerprint density at radius 3 is 2.76 bits per heavy atom. The van der Waals surface area contributed by atoms with Gasteiger partial charge in [0.05, 0.1) is 0 Å². The number of carbonyl (C=O) groups excluding carboxylic acids is 1. The second kappa shape index (κ2) is 6.65. The van der Waals surface area contributed by atoms with E-state index in [4.69, 9.17) is 11.6 Å². The quantitative estimate of drug-likeness (QED) is 0.801. The molecule has 0 spiro atoms. The van der Waals surface area contributed by atoms with Crippen LogP contribution in [-0.4, -0.2) is 17.8 Å². The minimum absolute atomic E-state index is 0.00818. The van der Waals surface area contributed by atoms with Crippen molar-refractivity contribution in [2.24, 2.45) is 0 Å². The first-order valence-electron chi connectivity index (χ1n) is 6.04. The molecule has 1 aromatic rings. The lowest BCUT2D eigenvalue weighted by Gasteiger charge is -2.10. The molecule has 0 aliphatic carbocycles. The normalized spacial score (nSPS) is 12.2. The van der Waals surface area contributed by atoms with Crippen molar-refractivity contribution in [2.45, 2.75) is 39.0 Å². The largest absolute Gasteiger partial charge is 0.352 e. The molecule has 0 saturated carbocycles. The van der Waals surface area contributed by atoms with Gasteiger partial charge in [0.15, 0.2) is 0 Å². The Morgan fingerprint density at radius 2 is 2.12 bits per heavy atom. The van der Waals surface area contributed by atoms with Crippen LogP contribution in [0.3, 0.4) is 0 Å². The summed E-state index contributed by atoms with van der Waals surface area (Å²) < 4.78 is 0. The van der Waals surface area contributed by atoms with E-state index >= 15 is 0 Å². The van der Waals surface area contributed by atoms with Crippen molar-refractivity contribution >= 4 is 17.5 Å². The summed E-state index contributed by atoms with van der Waals surface area (Å²) in [6, 6.07) is 5.90. The average Bonchev–Trinajstić information content (AvgIpc) is 2.31. The zero-order valence-electron chi connectivity index (χ0n) is 10.7. The van der Waals surface area contributed by atoms with Gasteiger partial charge in [0.1, 0.15) is 0 Å². The number of rotatable bonds is 5. The van der Waals surface area contributed by atoms with Gasteiger partial charge in [0.2, 0.25) is 0 Å². The predicted octanol–water partition coefficient (Wildman–Crippen LogP) is 3.44. The van der Waals surface area contributed by atoms with Crippen LogP contribution in [0.2, 0.25) is 0 Å². The van der Waals surface area contributed by atoms with E-state index in [-0.39, 0.29) is 11.3 Å². The maximum absolute atomic E-state index is 11.9. The Hall–Kier alpha value is -1.02. The minimum atomic E-state index is -0.00818. The molecule has 2 nitrogen and oxygen atoms in total. The monoisotopic (exact) mass is 253 g/mol. The number of halogens is 1. The molecule has 0 fully saturated rings. The van der Waals surface area contributed by atoms with Crippen LogP contribution in [0, 0.1) is 13.8 Å². The summed E-state index contributed by atoms with van der Waals surface area (Å²) in [5.74, 6) is -0.00818. The number of hydrogen-bond acceptors (Lipinski definition) is 1. The number of carbonyl (C=O) groups is 1. The Labute approximate surface area is 108 Å². The average molecular weight is 254 g/mol. The molecule has 1 rings (SSSR count). The van der Waals surface area contributed by atoms with Crippen molar-refractivity contribution in [3.05, 3.63) is 34.9 Å². The van der Waals surface area contributed by atoms with E-state index in [2.05, 4.69) is 5.32 Å². The molecule has 0 aliphatic heterocycles. The molecule has 0 aromatic heterocycles. The fourth-order valence-corrected chi connectivity index (χ4v) is 1.73. The molecule has 0 bridgehead atoms. The lowest BCUT2D eigenvalue weighted by molar-refractivity contribution is 0.0952. The highest BCUT2D eigenvalue weighted by molar-refractivity contribution is 6.20. The third kappa shape index (κ3) is 4.39. The summed E-state index contributed by atoms with van der Waals surface area (Å²) in [6.45, 7) is 6.62. The number of amides is 1. The van der Waals surface area contributed by atoms with E-state index in [0.29, 0.717) is 6.54 Å².